The Hall–Kier alpha value is -1.92. The summed E-state index contributed by atoms with van der Waals surface area (Å²) in [7, 11) is 0. The van der Waals surface area contributed by atoms with Crippen LogP contribution in [-0.2, 0) is 12.0 Å². The van der Waals surface area contributed by atoms with Gasteiger partial charge in [-0.05, 0) is 35.4 Å². The third-order valence-electron chi connectivity index (χ3n) is 4.66. The van der Waals surface area contributed by atoms with Crippen molar-refractivity contribution in [3.8, 4) is 5.75 Å². The summed E-state index contributed by atoms with van der Waals surface area (Å²) in [5.41, 5.74) is 8.15. The van der Waals surface area contributed by atoms with Crippen molar-refractivity contribution in [1.82, 2.24) is 4.98 Å². The summed E-state index contributed by atoms with van der Waals surface area (Å²) in [4.78, 5) is 4.14. The number of benzene rings is 2. The molecule has 2 aromatic carbocycles. The molecule has 3 rings (SSSR count). The van der Waals surface area contributed by atoms with E-state index in [2.05, 4.69) is 24.1 Å². The van der Waals surface area contributed by atoms with E-state index in [9.17, 15) is 0 Å². The summed E-state index contributed by atoms with van der Waals surface area (Å²) >= 11 is 18.5. The maximum absolute atomic E-state index is 6.40. The number of oxazole rings is 1. The van der Waals surface area contributed by atoms with Crippen LogP contribution in [0.2, 0.25) is 10.0 Å². The molecular formula is C21H22Cl3N3O2. The SMILES string of the molecule is CC(C)(c1ccc(Nc2ncc(CN)o2)cc1)c1cc(Cl)c(OCCCl)c(Cl)c1. The molecule has 29 heavy (non-hydrogen) atoms. The minimum atomic E-state index is -0.327. The van der Waals surface area contributed by atoms with E-state index >= 15 is 0 Å². The third kappa shape index (κ3) is 4.98. The molecule has 3 aromatic rings. The summed E-state index contributed by atoms with van der Waals surface area (Å²) in [6, 6.07) is 12.2. The second-order valence-electron chi connectivity index (χ2n) is 6.97. The first-order chi connectivity index (χ1) is 13.8. The number of nitrogens with zero attached hydrogens (tertiary/aromatic N) is 1. The van der Waals surface area contributed by atoms with Crippen molar-refractivity contribution in [3.05, 3.63) is 69.5 Å². The van der Waals surface area contributed by atoms with Crippen LogP contribution in [0.4, 0.5) is 11.7 Å². The average Bonchev–Trinajstić information content (AvgIpc) is 3.15. The van der Waals surface area contributed by atoms with Gasteiger partial charge < -0.3 is 20.2 Å². The van der Waals surface area contributed by atoms with E-state index in [0.29, 0.717) is 46.6 Å². The van der Waals surface area contributed by atoms with Gasteiger partial charge in [0.2, 0.25) is 0 Å². The lowest BCUT2D eigenvalue weighted by molar-refractivity contribution is 0.343. The highest BCUT2D eigenvalue weighted by atomic mass is 35.5. The molecule has 3 N–H and O–H groups in total. The molecule has 0 aliphatic rings. The highest BCUT2D eigenvalue weighted by Crippen LogP contribution is 2.40. The molecule has 0 aliphatic carbocycles. The lowest BCUT2D eigenvalue weighted by atomic mass is 9.78. The first-order valence-electron chi connectivity index (χ1n) is 9.05. The van der Waals surface area contributed by atoms with Crippen molar-refractivity contribution in [2.24, 2.45) is 5.73 Å². The van der Waals surface area contributed by atoms with Gasteiger partial charge in [0.05, 0.1) is 28.7 Å². The molecule has 8 heteroatoms. The van der Waals surface area contributed by atoms with Crippen LogP contribution in [0.15, 0.2) is 47.0 Å². The molecule has 0 saturated carbocycles. The fraction of sp³-hybridized carbons (Fsp3) is 0.286. The molecule has 0 unspecified atom stereocenters. The average molecular weight is 455 g/mol. The van der Waals surface area contributed by atoms with E-state index in [0.717, 1.165) is 16.8 Å². The number of aromatic nitrogens is 1. The summed E-state index contributed by atoms with van der Waals surface area (Å²) in [6.45, 7) is 4.87. The van der Waals surface area contributed by atoms with E-state index in [4.69, 9.17) is 49.7 Å². The number of hydrogen-bond donors (Lipinski definition) is 2. The second-order valence-corrected chi connectivity index (χ2v) is 8.16. The predicted octanol–water partition coefficient (Wildman–Crippen LogP) is 6.13. The molecule has 0 radical (unpaired) electrons. The maximum atomic E-state index is 6.40. The number of alkyl halides is 1. The van der Waals surface area contributed by atoms with Crippen molar-refractivity contribution in [2.45, 2.75) is 25.8 Å². The second kappa shape index (κ2) is 9.26. The number of ether oxygens (including phenoxy) is 1. The van der Waals surface area contributed by atoms with Crippen LogP contribution in [0.1, 0.15) is 30.7 Å². The van der Waals surface area contributed by atoms with Gasteiger partial charge in [0.25, 0.3) is 6.01 Å². The molecule has 5 nitrogen and oxygen atoms in total. The lowest BCUT2D eigenvalue weighted by Crippen LogP contribution is -2.19. The Bertz CT molecular complexity index is 949. The molecule has 1 aromatic heterocycles. The lowest BCUT2D eigenvalue weighted by Gasteiger charge is -2.27. The third-order valence-corrected chi connectivity index (χ3v) is 5.37. The van der Waals surface area contributed by atoms with Crippen LogP contribution in [0, 0.1) is 0 Å². The van der Waals surface area contributed by atoms with Crippen molar-refractivity contribution < 1.29 is 9.15 Å². The van der Waals surface area contributed by atoms with Crippen molar-refractivity contribution in [3.63, 3.8) is 0 Å². The fourth-order valence-electron chi connectivity index (χ4n) is 2.92. The monoisotopic (exact) mass is 453 g/mol. The topological polar surface area (TPSA) is 73.3 Å². The van der Waals surface area contributed by atoms with Crippen LogP contribution >= 0.6 is 34.8 Å². The minimum absolute atomic E-state index is 0.308. The smallest absolute Gasteiger partial charge is 0.299 e. The zero-order valence-electron chi connectivity index (χ0n) is 16.1. The summed E-state index contributed by atoms with van der Waals surface area (Å²) in [5, 5.41) is 4.04. The Morgan fingerprint density at radius 1 is 1.10 bits per heavy atom. The number of nitrogens with two attached hydrogens (primary N) is 1. The molecule has 1 heterocycles. The Morgan fingerprint density at radius 2 is 1.76 bits per heavy atom. The molecule has 0 saturated heterocycles. The Balaban J connectivity index is 1.81. The van der Waals surface area contributed by atoms with E-state index in [-0.39, 0.29) is 5.41 Å². The van der Waals surface area contributed by atoms with Crippen LogP contribution in [0.5, 0.6) is 5.75 Å². The van der Waals surface area contributed by atoms with Crippen molar-refractivity contribution >= 4 is 46.5 Å². The molecule has 0 fully saturated rings. The standard InChI is InChI=1S/C21H22Cl3N3O2/c1-21(2,14-9-17(23)19(18(24)10-14)28-8-7-22)13-3-5-15(6-4-13)27-20-26-12-16(11-25)29-20/h3-6,9-10,12H,7-8,11,25H2,1-2H3,(H,26,27). The summed E-state index contributed by atoms with van der Waals surface area (Å²) in [6.07, 6.45) is 1.60. The molecule has 0 amide bonds. The minimum Gasteiger partial charge on any atom is -0.489 e. The zero-order valence-corrected chi connectivity index (χ0v) is 18.4. The van der Waals surface area contributed by atoms with Gasteiger partial charge in [-0.1, -0.05) is 49.2 Å². The van der Waals surface area contributed by atoms with Crippen LogP contribution < -0.4 is 15.8 Å². The maximum Gasteiger partial charge on any atom is 0.299 e. The van der Waals surface area contributed by atoms with Gasteiger partial charge in [0.1, 0.15) is 12.4 Å². The first kappa shape index (κ1) is 21.8. The van der Waals surface area contributed by atoms with E-state index < -0.39 is 0 Å². The fourth-order valence-corrected chi connectivity index (χ4v) is 3.59. The van der Waals surface area contributed by atoms with E-state index in [1.165, 1.54) is 0 Å². The van der Waals surface area contributed by atoms with Gasteiger partial charge in [-0.15, -0.1) is 11.6 Å². The normalized spacial score (nSPS) is 11.5. The van der Waals surface area contributed by atoms with Gasteiger partial charge >= 0.3 is 0 Å². The number of anilines is 2. The molecule has 0 spiro atoms. The van der Waals surface area contributed by atoms with Crippen LogP contribution in [-0.4, -0.2) is 17.5 Å². The molecular weight excluding hydrogens is 433 g/mol. The molecule has 154 valence electrons. The molecule has 0 aliphatic heterocycles. The Kier molecular flexibility index (Phi) is 6.96. The number of halogens is 3. The molecule has 0 atom stereocenters. The van der Waals surface area contributed by atoms with Crippen molar-refractivity contribution in [2.75, 3.05) is 17.8 Å². The van der Waals surface area contributed by atoms with Gasteiger partial charge in [0, 0.05) is 11.1 Å². The van der Waals surface area contributed by atoms with E-state index in [1.54, 1.807) is 6.20 Å². The number of nitrogens with one attached hydrogen (secondary N) is 1. The largest absolute Gasteiger partial charge is 0.489 e. The van der Waals surface area contributed by atoms with Gasteiger partial charge in [0.15, 0.2) is 5.75 Å². The summed E-state index contributed by atoms with van der Waals surface area (Å²) in [5.74, 6) is 1.44. The quantitative estimate of drug-likeness (QED) is 0.401. The van der Waals surface area contributed by atoms with Crippen LogP contribution in [0.3, 0.4) is 0 Å². The van der Waals surface area contributed by atoms with Crippen LogP contribution in [0.25, 0.3) is 0 Å². The summed E-state index contributed by atoms with van der Waals surface area (Å²) < 4.78 is 11.0. The predicted molar refractivity (Wildman–Crippen MR) is 119 cm³/mol. The van der Waals surface area contributed by atoms with Gasteiger partial charge in [-0.25, -0.2) is 4.98 Å². The highest BCUT2D eigenvalue weighted by molar-refractivity contribution is 6.37. The number of hydrogen-bond acceptors (Lipinski definition) is 5. The zero-order chi connectivity index (χ0) is 21.0. The Morgan fingerprint density at radius 3 is 2.31 bits per heavy atom. The van der Waals surface area contributed by atoms with Crippen molar-refractivity contribution in [1.29, 1.82) is 0 Å². The molecule has 0 bridgehead atoms. The highest BCUT2D eigenvalue weighted by Gasteiger charge is 2.25. The Labute approximate surface area is 185 Å². The first-order valence-corrected chi connectivity index (χ1v) is 10.3. The van der Waals surface area contributed by atoms with Gasteiger partial charge in [-0.3, -0.25) is 0 Å². The van der Waals surface area contributed by atoms with Gasteiger partial charge in [-0.2, -0.15) is 0 Å². The number of rotatable bonds is 8. The van der Waals surface area contributed by atoms with E-state index in [1.807, 2.05) is 36.4 Å².